The first-order valence-corrected chi connectivity index (χ1v) is 15.0. The minimum atomic E-state index is -4.48. The predicted octanol–water partition coefficient (Wildman–Crippen LogP) is 1.67. The van der Waals surface area contributed by atoms with Crippen LogP contribution >= 0.6 is 7.82 Å². The van der Waals surface area contributed by atoms with Gasteiger partial charge in [-0.3, -0.25) is 13.8 Å². The molecule has 5 aromatic rings. The summed E-state index contributed by atoms with van der Waals surface area (Å²) in [6, 6.07) is 7.11. The minimum absolute atomic E-state index is 0.103. The molecule has 0 radical (unpaired) electrons. The number of hydrogen-bond donors (Lipinski definition) is 3. The zero-order chi connectivity index (χ0) is 31.1. The van der Waals surface area contributed by atoms with Gasteiger partial charge < -0.3 is 39.2 Å². The standard InChI is InChI=1S/C25H24N7O11P/c1-3-29(4-2)12-6-5-11-7-13(23(35)42-15(11)8-12)14-9-30-21(34)17-20(28-24(30)26-14)31(25(27-17)32(36)37)22-18(33)19-16(41-22)10-40-44(38,39)43-19/h5-9,16,18-19,22,33H,3-4,10H2,1-2H3,(H,26,28)(H,38,39)/t16-,18-,19-,22-/m1/s1. The molecule has 18 nitrogen and oxygen atoms in total. The van der Waals surface area contributed by atoms with E-state index in [1.54, 1.807) is 12.1 Å². The van der Waals surface area contributed by atoms with Crippen LogP contribution < -0.4 is 16.1 Å². The first-order valence-electron chi connectivity index (χ1n) is 13.5. The van der Waals surface area contributed by atoms with E-state index >= 15 is 0 Å². The van der Waals surface area contributed by atoms with Gasteiger partial charge in [0.25, 0.3) is 5.52 Å². The summed E-state index contributed by atoms with van der Waals surface area (Å²) < 4.78 is 34.7. The fourth-order valence-corrected chi connectivity index (χ4v) is 6.60. The van der Waals surface area contributed by atoms with Crippen molar-refractivity contribution >= 4 is 47.4 Å². The van der Waals surface area contributed by atoms with Gasteiger partial charge in [0.1, 0.15) is 23.9 Å². The Morgan fingerprint density at radius 2 is 2.00 bits per heavy atom. The van der Waals surface area contributed by atoms with Crippen LogP contribution in [0.4, 0.5) is 11.6 Å². The number of hydrogen-bond acceptors (Lipinski definition) is 13. The number of ether oxygens (including phenoxy) is 1. The van der Waals surface area contributed by atoms with Gasteiger partial charge in [-0.2, -0.15) is 9.55 Å². The number of phosphoric ester groups is 1. The number of fused-ring (bicyclic) bond motifs is 4. The maximum atomic E-state index is 13.5. The Hall–Kier alpha value is -4.45. The number of nitro groups is 1. The van der Waals surface area contributed by atoms with Crippen molar-refractivity contribution in [3.8, 4) is 11.3 Å². The molecular weight excluding hydrogens is 605 g/mol. The summed E-state index contributed by atoms with van der Waals surface area (Å²) in [5.41, 5.74) is -0.669. The van der Waals surface area contributed by atoms with Crippen LogP contribution in [0.1, 0.15) is 20.1 Å². The fraction of sp³-hybridized carbons (Fsp3) is 0.360. The normalized spacial score (nSPS) is 25.2. The van der Waals surface area contributed by atoms with Crippen molar-refractivity contribution in [2.24, 2.45) is 0 Å². The molecule has 0 saturated carbocycles. The number of nitrogens with one attached hydrogen (secondary N) is 1. The first-order chi connectivity index (χ1) is 21.0. The van der Waals surface area contributed by atoms with Crippen molar-refractivity contribution in [2.75, 3.05) is 24.6 Å². The van der Waals surface area contributed by atoms with Crippen LogP contribution in [0.15, 0.2) is 44.5 Å². The van der Waals surface area contributed by atoms with Gasteiger partial charge in [-0.15, -0.1) is 0 Å². The van der Waals surface area contributed by atoms with Crippen molar-refractivity contribution in [2.45, 2.75) is 38.4 Å². The smallest absolute Gasteiger partial charge is 0.422 e. The van der Waals surface area contributed by atoms with Crippen LogP contribution in [0.2, 0.25) is 0 Å². The predicted molar refractivity (Wildman–Crippen MR) is 151 cm³/mol. The number of anilines is 1. The van der Waals surface area contributed by atoms with E-state index in [9.17, 15) is 34.3 Å². The van der Waals surface area contributed by atoms with Crippen LogP contribution in [-0.4, -0.2) is 76.9 Å². The van der Waals surface area contributed by atoms with E-state index in [-0.39, 0.29) is 22.7 Å². The number of rotatable bonds is 6. The third kappa shape index (κ3) is 4.34. The van der Waals surface area contributed by atoms with Gasteiger partial charge in [0, 0.05) is 36.4 Å². The highest BCUT2D eigenvalue weighted by Gasteiger charge is 2.55. The molecule has 7 rings (SSSR count). The van der Waals surface area contributed by atoms with E-state index in [1.165, 1.54) is 6.20 Å². The third-order valence-corrected chi connectivity index (χ3v) is 8.74. The molecule has 0 aliphatic carbocycles. The summed E-state index contributed by atoms with van der Waals surface area (Å²) in [6.45, 7) is 5.15. The van der Waals surface area contributed by atoms with Crippen LogP contribution in [0.5, 0.6) is 0 Å². The zero-order valence-corrected chi connectivity index (χ0v) is 23.9. The number of aliphatic hydroxyl groups is 1. The van der Waals surface area contributed by atoms with Crippen molar-refractivity contribution in [1.82, 2.24) is 23.9 Å². The average Bonchev–Trinajstić information content (AvgIpc) is 3.67. The highest BCUT2D eigenvalue weighted by Crippen LogP contribution is 2.53. The number of aliphatic hydroxyl groups excluding tert-OH is 1. The quantitative estimate of drug-likeness (QED) is 0.105. The molecule has 2 saturated heterocycles. The van der Waals surface area contributed by atoms with Crippen molar-refractivity contribution < 1.29 is 37.7 Å². The number of nitrogens with zero attached hydrogens (tertiary/aromatic N) is 6. The number of benzene rings is 1. The molecule has 2 aliphatic rings. The lowest BCUT2D eigenvalue weighted by molar-refractivity contribution is -0.398. The van der Waals surface area contributed by atoms with E-state index in [4.69, 9.17) is 18.2 Å². The van der Waals surface area contributed by atoms with E-state index in [0.717, 1.165) is 27.7 Å². The van der Waals surface area contributed by atoms with E-state index < -0.39 is 66.5 Å². The van der Waals surface area contributed by atoms with Crippen molar-refractivity contribution in [3.05, 3.63) is 61.4 Å². The molecule has 0 amide bonds. The largest absolute Gasteiger partial charge is 0.472 e. The Morgan fingerprint density at radius 3 is 2.73 bits per heavy atom. The van der Waals surface area contributed by atoms with Crippen LogP contribution in [0.25, 0.3) is 39.2 Å². The number of phosphoric acid groups is 1. The summed E-state index contributed by atoms with van der Waals surface area (Å²) in [5.74, 6) is -0.970. The third-order valence-electron chi connectivity index (χ3n) is 7.76. The Morgan fingerprint density at radius 1 is 1.23 bits per heavy atom. The minimum Gasteiger partial charge on any atom is -0.422 e. The van der Waals surface area contributed by atoms with Gasteiger partial charge >= 0.3 is 25.0 Å². The summed E-state index contributed by atoms with van der Waals surface area (Å²) in [4.78, 5) is 60.5. The Balaban J connectivity index is 1.34. The molecule has 0 bridgehead atoms. The van der Waals surface area contributed by atoms with Gasteiger partial charge in [-0.1, -0.05) is 4.98 Å². The second-order valence-electron chi connectivity index (χ2n) is 10.2. The molecule has 1 aromatic carbocycles. The van der Waals surface area contributed by atoms with Gasteiger partial charge in [0.2, 0.25) is 17.7 Å². The van der Waals surface area contributed by atoms with Gasteiger partial charge in [-0.25, -0.2) is 13.8 Å². The molecular formula is C25H24N7O11P. The molecule has 44 heavy (non-hydrogen) atoms. The highest BCUT2D eigenvalue weighted by atomic mass is 31.2. The monoisotopic (exact) mass is 629 g/mol. The maximum absolute atomic E-state index is 13.5. The van der Waals surface area contributed by atoms with Gasteiger partial charge in [0.15, 0.2) is 0 Å². The van der Waals surface area contributed by atoms with E-state index in [2.05, 4.69) is 19.9 Å². The number of imidazole rings is 2. The summed E-state index contributed by atoms with van der Waals surface area (Å²) in [5, 5.41) is 23.5. The Bertz CT molecular complexity index is 2150. The van der Waals surface area contributed by atoms with Gasteiger partial charge in [0.05, 0.1) is 17.9 Å². The molecule has 3 N–H and O–H groups in total. The molecule has 0 spiro atoms. The maximum Gasteiger partial charge on any atom is 0.472 e. The number of aromatic nitrogens is 5. The molecule has 19 heteroatoms. The van der Waals surface area contributed by atoms with Crippen LogP contribution in [0.3, 0.4) is 0 Å². The Kier molecular flexibility index (Phi) is 6.47. The number of aromatic amines is 1. The SMILES string of the molecule is CCN(CC)c1ccc2cc(-c3cn4c(=O)c5nc([N+](=O)[O-])n([C@@H]6O[C@@H]7COP(=O)(O)O[C@H]7[C@H]6O)c5nc4[nH]3)c(=O)oc2c1. The lowest BCUT2D eigenvalue weighted by Crippen LogP contribution is -2.39. The topological polar surface area (TPSA) is 230 Å². The average molecular weight is 629 g/mol. The molecule has 1 unspecified atom stereocenters. The highest BCUT2D eigenvalue weighted by molar-refractivity contribution is 7.47. The summed E-state index contributed by atoms with van der Waals surface area (Å²) >= 11 is 0. The van der Waals surface area contributed by atoms with Crippen molar-refractivity contribution in [3.63, 3.8) is 0 Å². The molecule has 2 aliphatic heterocycles. The van der Waals surface area contributed by atoms with E-state index in [1.807, 2.05) is 26.0 Å². The van der Waals surface area contributed by atoms with Crippen molar-refractivity contribution in [1.29, 1.82) is 0 Å². The van der Waals surface area contributed by atoms with E-state index in [0.29, 0.717) is 11.0 Å². The molecule has 5 atom stereocenters. The fourth-order valence-electron chi connectivity index (χ4n) is 5.64. The second kappa shape index (κ2) is 10.0. The Labute approximate surface area is 244 Å². The second-order valence-corrected chi connectivity index (χ2v) is 11.6. The lowest BCUT2D eigenvalue weighted by Gasteiger charge is -2.27. The molecule has 230 valence electrons. The lowest BCUT2D eigenvalue weighted by atomic mass is 10.1. The molecule has 2 fully saturated rings. The zero-order valence-electron chi connectivity index (χ0n) is 23.0. The summed E-state index contributed by atoms with van der Waals surface area (Å²) in [6.07, 6.45) is -4.38. The number of H-pyrrole nitrogens is 1. The van der Waals surface area contributed by atoms with Gasteiger partial charge in [-0.05, 0) is 37.0 Å². The molecule has 4 aromatic heterocycles. The first kappa shape index (κ1) is 28.3. The molecule has 6 heterocycles. The summed E-state index contributed by atoms with van der Waals surface area (Å²) in [7, 11) is -4.48. The van der Waals surface area contributed by atoms with Crippen LogP contribution in [-0.2, 0) is 18.3 Å². The van der Waals surface area contributed by atoms with Crippen LogP contribution in [0, 0.1) is 10.1 Å².